The predicted octanol–water partition coefficient (Wildman–Crippen LogP) is 2.47. The number of hydrogen-bond donors (Lipinski definition) is 0. The maximum atomic E-state index is 12.9. The zero-order chi connectivity index (χ0) is 16.5. The number of furan rings is 1. The van der Waals surface area contributed by atoms with Gasteiger partial charge in [-0.3, -0.25) is 4.79 Å². The number of aryl methyl sites for hydroxylation is 1. The van der Waals surface area contributed by atoms with Crippen molar-refractivity contribution in [3.05, 3.63) is 72.3 Å². The van der Waals surface area contributed by atoms with Crippen LogP contribution in [-0.2, 0) is 4.79 Å². The molecule has 0 atom stereocenters. The SMILES string of the molecule is Cc1ccc(N2C(=O)/C(=C/c3ccco3)N=C2n2cncn2)cc1. The van der Waals surface area contributed by atoms with Gasteiger partial charge >= 0.3 is 0 Å². The van der Waals surface area contributed by atoms with E-state index in [1.54, 1.807) is 24.5 Å². The fraction of sp³-hybridized carbons (Fsp3) is 0.0588. The second-order valence-corrected chi connectivity index (χ2v) is 5.27. The second-order valence-electron chi connectivity index (χ2n) is 5.27. The van der Waals surface area contributed by atoms with Crippen LogP contribution in [0, 0.1) is 6.92 Å². The topological polar surface area (TPSA) is 76.5 Å². The Bertz CT molecular complexity index is 922. The molecule has 118 valence electrons. The van der Waals surface area contributed by atoms with Gasteiger partial charge in [-0.05, 0) is 31.2 Å². The van der Waals surface area contributed by atoms with E-state index in [-0.39, 0.29) is 11.6 Å². The summed E-state index contributed by atoms with van der Waals surface area (Å²) >= 11 is 0. The Labute approximate surface area is 137 Å². The summed E-state index contributed by atoms with van der Waals surface area (Å²) in [5.41, 5.74) is 2.09. The Morgan fingerprint density at radius 1 is 1.17 bits per heavy atom. The third-order valence-corrected chi connectivity index (χ3v) is 3.58. The number of carbonyl (C=O) groups excluding carboxylic acids is 1. The minimum atomic E-state index is -0.249. The average Bonchev–Trinajstić information content (AvgIpc) is 3.32. The van der Waals surface area contributed by atoms with Gasteiger partial charge in [0.2, 0.25) is 5.96 Å². The van der Waals surface area contributed by atoms with Crippen LogP contribution in [0.25, 0.3) is 6.08 Å². The summed E-state index contributed by atoms with van der Waals surface area (Å²) in [4.78, 5) is 22.7. The maximum Gasteiger partial charge on any atom is 0.284 e. The van der Waals surface area contributed by atoms with E-state index in [0.29, 0.717) is 17.4 Å². The molecule has 0 aliphatic carbocycles. The molecular formula is C17H13N5O2. The number of amides is 1. The van der Waals surface area contributed by atoms with Crippen LogP contribution in [-0.4, -0.2) is 26.6 Å². The second kappa shape index (κ2) is 5.62. The Balaban J connectivity index is 1.81. The van der Waals surface area contributed by atoms with Crippen molar-refractivity contribution < 1.29 is 9.21 Å². The third-order valence-electron chi connectivity index (χ3n) is 3.58. The number of benzene rings is 1. The predicted molar refractivity (Wildman–Crippen MR) is 88.2 cm³/mol. The first-order chi connectivity index (χ1) is 11.7. The normalized spacial score (nSPS) is 16.0. The molecule has 3 heterocycles. The molecule has 0 radical (unpaired) electrons. The molecule has 0 unspecified atom stereocenters. The van der Waals surface area contributed by atoms with Gasteiger partial charge in [-0.15, -0.1) is 0 Å². The molecule has 0 fully saturated rings. The molecule has 1 aliphatic heterocycles. The van der Waals surface area contributed by atoms with E-state index in [0.717, 1.165) is 5.56 Å². The lowest BCUT2D eigenvalue weighted by Crippen LogP contribution is -2.36. The number of aliphatic imine (C=N–C) groups is 1. The van der Waals surface area contributed by atoms with Crippen LogP contribution in [0.4, 0.5) is 5.69 Å². The maximum absolute atomic E-state index is 12.9. The van der Waals surface area contributed by atoms with E-state index in [4.69, 9.17) is 4.42 Å². The molecule has 2 aromatic heterocycles. The van der Waals surface area contributed by atoms with Crippen molar-refractivity contribution in [2.24, 2.45) is 4.99 Å². The minimum absolute atomic E-state index is 0.249. The summed E-state index contributed by atoms with van der Waals surface area (Å²) in [6, 6.07) is 11.1. The number of hydrogen-bond acceptors (Lipinski definition) is 5. The average molecular weight is 319 g/mol. The Morgan fingerprint density at radius 2 is 2.00 bits per heavy atom. The molecule has 24 heavy (non-hydrogen) atoms. The number of rotatable bonds is 2. The first-order valence-corrected chi connectivity index (χ1v) is 7.32. The number of carbonyl (C=O) groups is 1. The Morgan fingerprint density at radius 3 is 2.67 bits per heavy atom. The molecule has 0 saturated heterocycles. The largest absolute Gasteiger partial charge is 0.465 e. The van der Waals surface area contributed by atoms with Crippen LogP contribution in [0.2, 0.25) is 0 Å². The molecule has 0 spiro atoms. The summed E-state index contributed by atoms with van der Waals surface area (Å²) < 4.78 is 6.73. The fourth-order valence-electron chi connectivity index (χ4n) is 2.40. The molecule has 0 N–H and O–H groups in total. The van der Waals surface area contributed by atoms with Gasteiger partial charge in [0.15, 0.2) is 0 Å². The highest BCUT2D eigenvalue weighted by atomic mass is 16.3. The van der Waals surface area contributed by atoms with Crippen LogP contribution < -0.4 is 4.90 Å². The molecule has 0 bridgehead atoms. The van der Waals surface area contributed by atoms with Crippen molar-refractivity contribution in [2.75, 3.05) is 4.90 Å². The van der Waals surface area contributed by atoms with Crippen LogP contribution in [0.1, 0.15) is 11.3 Å². The molecule has 3 aromatic rings. The summed E-state index contributed by atoms with van der Waals surface area (Å²) in [5.74, 6) is 0.686. The lowest BCUT2D eigenvalue weighted by molar-refractivity contribution is -0.113. The van der Waals surface area contributed by atoms with Crippen molar-refractivity contribution in [1.29, 1.82) is 0 Å². The van der Waals surface area contributed by atoms with Gasteiger partial charge in [0, 0.05) is 6.08 Å². The van der Waals surface area contributed by atoms with E-state index in [1.165, 1.54) is 22.2 Å². The zero-order valence-electron chi connectivity index (χ0n) is 12.8. The molecular weight excluding hydrogens is 306 g/mol. The lowest BCUT2D eigenvalue weighted by atomic mass is 10.2. The molecule has 1 aromatic carbocycles. The Hall–Kier alpha value is -3.48. The van der Waals surface area contributed by atoms with Gasteiger partial charge in [0.05, 0.1) is 12.0 Å². The third kappa shape index (κ3) is 2.41. The highest BCUT2D eigenvalue weighted by Crippen LogP contribution is 2.25. The van der Waals surface area contributed by atoms with Crippen molar-refractivity contribution in [1.82, 2.24) is 14.8 Å². The van der Waals surface area contributed by atoms with Gasteiger partial charge in [-0.1, -0.05) is 17.7 Å². The van der Waals surface area contributed by atoms with Gasteiger partial charge in [0.25, 0.3) is 5.91 Å². The van der Waals surface area contributed by atoms with Crippen molar-refractivity contribution >= 4 is 23.6 Å². The van der Waals surface area contributed by atoms with E-state index in [9.17, 15) is 4.79 Å². The number of aromatic nitrogens is 3. The first-order valence-electron chi connectivity index (χ1n) is 7.32. The van der Waals surface area contributed by atoms with Gasteiger partial charge in [0.1, 0.15) is 24.1 Å². The van der Waals surface area contributed by atoms with Gasteiger partial charge < -0.3 is 4.42 Å². The van der Waals surface area contributed by atoms with E-state index in [2.05, 4.69) is 15.1 Å². The summed E-state index contributed by atoms with van der Waals surface area (Å²) in [6.07, 6.45) is 6.05. The van der Waals surface area contributed by atoms with Crippen LogP contribution in [0.15, 0.2) is 70.4 Å². The Kier molecular flexibility index (Phi) is 3.31. The van der Waals surface area contributed by atoms with Gasteiger partial charge in [-0.25, -0.2) is 14.9 Å². The molecule has 1 amide bonds. The van der Waals surface area contributed by atoms with Crippen molar-refractivity contribution in [3.8, 4) is 0 Å². The van der Waals surface area contributed by atoms with Crippen LogP contribution in [0.3, 0.4) is 0 Å². The number of nitrogens with zero attached hydrogens (tertiary/aromatic N) is 5. The first kappa shape index (κ1) is 14.1. The molecule has 0 saturated carbocycles. The molecule has 4 rings (SSSR count). The summed E-state index contributed by atoms with van der Waals surface area (Å²) in [7, 11) is 0. The quantitative estimate of drug-likeness (QED) is 0.680. The molecule has 7 heteroatoms. The highest BCUT2D eigenvalue weighted by Gasteiger charge is 2.33. The summed E-state index contributed by atoms with van der Waals surface area (Å²) in [6.45, 7) is 1.99. The van der Waals surface area contributed by atoms with E-state index >= 15 is 0 Å². The van der Waals surface area contributed by atoms with Crippen molar-refractivity contribution in [2.45, 2.75) is 6.92 Å². The smallest absolute Gasteiger partial charge is 0.284 e. The standard InChI is InChI=1S/C17H13N5O2/c1-12-4-6-13(7-5-12)22-16(23)15(9-14-3-2-8-24-14)20-17(22)21-11-18-10-19-21/h2-11H,1H3/b15-9-. The molecule has 1 aliphatic rings. The number of anilines is 1. The fourth-order valence-corrected chi connectivity index (χ4v) is 2.40. The van der Waals surface area contributed by atoms with Gasteiger partial charge in [-0.2, -0.15) is 9.78 Å². The van der Waals surface area contributed by atoms with Crippen LogP contribution in [0.5, 0.6) is 0 Å². The molecule has 7 nitrogen and oxygen atoms in total. The zero-order valence-corrected chi connectivity index (χ0v) is 12.8. The monoisotopic (exact) mass is 319 g/mol. The van der Waals surface area contributed by atoms with E-state index < -0.39 is 0 Å². The lowest BCUT2D eigenvalue weighted by Gasteiger charge is -2.17. The van der Waals surface area contributed by atoms with Crippen LogP contribution >= 0.6 is 0 Å². The minimum Gasteiger partial charge on any atom is -0.465 e. The summed E-state index contributed by atoms with van der Waals surface area (Å²) in [5, 5.41) is 4.09. The van der Waals surface area contributed by atoms with E-state index in [1.807, 2.05) is 31.2 Å². The van der Waals surface area contributed by atoms with Crippen molar-refractivity contribution in [3.63, 3.8) is 0 Å². The highest BCUT2D eigenvalue weighted by molar-refractivity contribution is 6.28.